The van der Waals surface area contributed by atoms with E-state index in [4.69, 9.17) is 17.3 Å². The normalized spacial score (nSPS) is 20.6. The van der Waals surface area contributed by atoms with E-state index in [9.17, 15) is 14.0 Å². The molecule has 7 N–H and O–H groups in total. The maximum Gasteiger partial charge on any atom is 0.317 e. The summed E-state index contributed by atoms with van der Waals surface area (Å²) in [6.07, 6.45) is 0.558. The standard InChI is InChI=1S/C15H21ClFN5O2/c16-12-2-1-11(6-13(12)17)21-14(23)9-5-10(19)8-22(7-9)15(24)20-4-3-18/h1-2,6,9-10H,3-5,7-8,18-19H2,(H,20,24)(H,21,23)/p+1/t9?,10-/m1/s1. The number of urea groups is 1. The number of hydrogen-bond donors (Lipinski definition) is 4. The molecule has 7 nitrogen and oxygen atoms in total. The van der Waals surface area contributed by atoms with Crippen LogP contribution in [-0.2, 0) is 4.79 Å². The van der Waals surface area contributed by atoms with Crippen LogP contribution in [0.2, 0.25) is 5.02 Å². The van der Waals surface area contributed by atoms with E-state index < -0.39 is 11.7 Å². The Kier molecular flexibility index (Phi) is 6.36. The van der Waals surface area contributed by atoms with Crippen molar-refractivity contribution in [1.82, 2.24) is 10.2 Å². The van der Waals surface area contributed by atoms with Crippen molar-refractivity contribution in [3.05, 3.63) is 29.0 Å². The first-order valence-corrected chi connectivity index (χ1v) is 8.10. The van der Waals surface area contributed by atoms with Crippen molar-refractivity contribution < 1.29 is 19.7 Å². The van der Waals surface area contributed by atoms with Gasteiger partial charge in [-0.25, -0.2) is 9.18 Å². The molecule has 3 amide bonds. The number of halogens is 2. The fraction of sp³-hybridized carbons (Fsp3) is 0.467. The molecule has 1 fully saturated rings. The predicted molar refractivity (Wildman–Crippen MR) is 88.8 cm³/mol. The Bertz CT molecular complexity index is 616. The molecule has 1 heterocycles. The molecule has 0 saturated carbocycles. The topological polar surface area (TPSA) is 115 Å². The van der Waals surface area contributed by atoms with E-state index in [1.165, 1.54) is 12.1 Å². The number of nitrogens with one attached hydrogen (secondary N) is 2. The number of carbonyl (C=O) groups excluding carboxylic acids is 2. The van der Waals surface area contributed by atoms with Gasteiger partial charge in [0.15, 0.2) is 0 Å². The third-order valence-electron chi connectivity index (χ3n) is 3.80. The van der Waals surface area contributed by atoms with Crippen LogP contribution in [-0.4, -0.2) is 49.1 Å². The van der Waals surface area contributed by atoms with Crippen LogP contribution in [0.4, 0.5) is 14.9 Å². The molecule has 132 valence electrons. The monoisotopic (exact) mass is 358 g/mol. The van der Waals surface area contributed by atoms with E-state index in [0.717, 1.165) is 6.07 Å². The zero-order chi connectivity index (χ0) is 17.7. The molecule has 0 bridgehead atoms. The highest BCUT2D eigenvalue weighted by Gasteiger charge is 2.34. The summed E-state index contributed by atoms with van der Waals surface area (Å²) in [5, 5.41) is 5.33. The lowest BCUT2D eigenvalue weighted by atomic mass is 9.94. The molecule has 0 radical (unpaired) electrons. The minimum atomic E-state index is -0.601. The smallest absolute Gasteiger partial charge is 0.317 e. The Morgan fingerprint density at radius 2 is 2.17 bits per heavy atom. The number of nitrogens with two attached hydrogens (primary N) is 1. The second kappa shape index (κ2) is 8.27. The maximum atomic E-state index is 13.5. The molecule has 0 aliphatic carbocycles. The van der Waals surface area contributed by atoms with Crippen molar-refractivity contribution in [2.75, 3.05) is 31.5 Å². The fourth-order valence-electron chi connectivity index (χ4n) is 2.67. The quantitative estimate of drug-likeness (QED) is 0.608. The molecule has 1 aromatic rings. The van der Waals surface area contributed by atoms with Crippen molar-refractivity contribution in [2.45, 2.75) is 12.5 Å². The van der Waals surface area contributed by atoms with Gasteiger partial charge in [0, 0.05) is 31.7 Å². The van der Waals surface area contributed by atoms with Crippen LogP contribution >= 0.6 is 11.6 Å². The summed E-state index contributed by atoms with van der Waals surface area (Å²) in [5.41, 5.74) is 9.67. The van der Waals surface area contributed by atoms with Crippen LogP contribution in [0.15, 0.2) is 18.2 Å². The Hall–Kier alpha value is -1.90. The van der Waals surface area contributed by atoms with Gasteiger partial charge < -0.3 is 27.0 Å². The predicted octanol–water partition coefficient (Wildman–Crippen LogP) is 0.0183. The molecule has 0 spiro atoms. The molecule has 1 aliphatic rings. The maximum absolute atomic E-state index is 13.5. The van der Waals surface area contributed by atoms with Crippen LogP contribution in [0, 0.1) is 11.7 Å². The van der Waals surface area contributed by atoms with Crippen molar-refractivity contribution in [1.29, 1.82) is 0 Å². The van der Waals surface area contributed by atoms with E-state index in [1.54, 1.807) is 4.90 Å². The van der Waals surface area contributed by atoms with Crippen molar-refractivity contribution in [3.63, 3.8) is 0 Å². The Balaban J connectivity index is 1.99. The highest BCUT2D eigenvalue weighted by molar-refractivity contribution is 6.30. The van der Waals surface area contributed by atoms with E-state index in [2.05, 4.69) is 16.4 Å². The van der Waals surface area contributed by atoms with Gasteiger partial charge >= 0.3 is 6.03 Å². The van der Waals surface area contributed by atoms with E-state index >= 15 is 0 Å². The highest BCUT2D eigenvalue weighted by Crippen LogP contribution is 2.21. The van der Waals surface area contributed by atoms with Gasteiger partial charge in [-0.1, -0.05) is 11.6 Å². The molecule has 1 aromatic carbocycles. The van der Waals surface area contributed by atoms with Crippen LogP contribution in [0.25, 0.3) is 0 Å². The number of hydrogen-bond acceptors (Lipinski definition) is 3. The molecule has 0 aromatic heterocycles. The average Bonchev–Trinajstić information content (AvgIpc) is 2.55. The summed E-state index contributed by atoms with van der Waals surface area (Å²) in [7, 11) is 0. The van der Waals surface area contributed by atoms with E-state index in [1.807, 2.05) is 0 Å². The number of carbonyl (C=O) groups is 2. The number of likely N-dealkylation sites (tertiary alicyclic amines) is 1. The zero-order valence-corrected chi connectivity index (χ0v) is 14.0. The molecular formula is C15H22ClFN5O2+. The lowest BCUT2D eigenvalue weighted by Gasteiger charge is -2.33. The zero-order valence-electron chi connectivity index (χ0n) is 13.2. The van der Waals surface area contributed by atoms with Gasteiger partial charge in [-0.3, -0.25) is 4.79 Å². The van der Waals surface area contributed by atoms with Gasteiger partial charge in [-0.15, -0.1) is 0 Å². The third-order valence-corrected chi connectivity index (χ3v) is 4.11. The van der Waals surface area contributed by atoms with Gasteiger partial charge in [0.1, 0.15) is 11.9 Å². The van der Waals surface area contributed by atoms with Crippen LogP contribution < -0.4 is 22.1 Å². The molecule has 1 saturated heterocycles. The number of benzene rings is 1. The summed E-state index contributed by atoms with van der Waals surface area (Å²) in [4.78, 5) is 26.0. The Morgan fingerprint density at radius 1 is 1.42 bits per heavy atom. The summed E-state index contributed by atoms with van der Waals surface area (Å²) >= 11 is 5.62. The second-order valence-corrected chi connectivity index (χ2v) is 6.25. The van der Waals surface area contributed by atoms with Crippen LogP contribution in [0.1, 0.15) is 6.42 Å². The fourth-order valence-corrected chi connectivity index (χ4v) is 2.79. The first-order chi connectivity index (χ1) is 11.4. The molecule has 2 rings (SSSR count). The van der Waals surface area contributed by atoms with Gasteiger partial charge in [-0.2, -0.15) is 0 Å². The summed E-state index contributed by atoms with van der Waals surface area (Å²) in [6, 6.07) is 3.75. The highest BCUT2D eigenvalue weighted by atomic mass is 35.5. The molecular weight excluding hydrogens is 337 g/mol. The van der Waals surface area contributed by atoms with Gasteiger partial charge in [0.25, 0.3) is 0 Å². The largest absolute Gasteiger partial charge is 0.354 e. The van der Waals surface area contributed by atoms with Gasteiger partial charge in [0.05, 0.1) is 17.5 Å². The number of piperidine rings is 1. The Morgan fingerprint density at radius 3 is 2.83 bits per heavy atom. The Labute approximate surface area is 144 Å². The summed E-state index contributed by atoms with van der Waals surface area (Å²) < 4.78 is 13.5. The second-order valence-electron chi connectivity index (χ2n) is 5.84. The lowest BCUT2D eigenvalue weighted by molar-refractivity contribution is -0.427. The first kappa shape index (κ1) is 18.4. The number of anilines is 1. The average molecular weight is 359 g/mol. The minimum Gasteiger partial charge on any atom is -0.354 e. The first-order valence-electron chi connectivity index (χ1n) is 7.72. The van der Waals surface area contributed by atoms with Crippen molar-refractivity contribution in [3.8, 4) is 0 Å². The SMILES string of the molecule is NCCNC(=O)N1CC(C(=O)Nc2ccc(Cl)c(F)c2)C[C@@H]([NH3+])C1. The minimum absolute atomic E-state index is 0.00811. The number of quaternary nitrogens is 1. The van der Waals surface area contributed by atoms with Crippen LogP contribution in [0.3, 0.4) is 0 Å². The summed E-state index contributed by atoms with van der Waals surface area (Å²) in [6.45, 7) is 1.48. The molecule has 9 heteroatoms. The lowest BCUT2D eigenvalue weighted by Crippen LogP contribution is -2.70. The van der Waals surface area contributed by atoms with Crippen molar-refractivity contribution >= 4 is 29.2 Å². The molecule has 1 unspecified atom stereocenters. The summed E-state index contributed by atoms with van der Waals surface area (Å²) in [5.74, 6) is -1.29. The molecule has 1 aliphatic heterocycles. The third kappa shape index (κ3) is 4.80. The van der Waals surface area contributed by atoms with E-state index in [0.29, 0.717) is 31.7 Å². The molecule has 2 atom stereocenters. The number of nitrogens with zero attached hydrogens (tertiary/aromatic N) is 1. The van der Waals surface area contributed by atoms with Gasteiger partial charge in [0.2, 0.25) is 5.91 Å². The van der Waals surface area contributed by atoms with Gasteiger partial charge in [-0.05, 0) is 18.2 Å². The van der Waals surface area contributed by atoms with Crippen LogP contribution in [0.5, 0.6) is 0 Å². The van der Waals surface area contributed by atoms with Crippen molar-refractivity contribution in [2.24, 2.45) is 11.7 Å². The number of rotatable bonds is 4. The van der Waals surface area contributed by atoms with E-state index in [-0.39, 0.29) is 29.5 Å². The number of amides is 3. The molecule has 24 heavy (non-hydrogen) atoms.